The van der Waals surface area contributed by atoms with Crippen LogP contribution in [0.25, 0.3) is 0 Å². The second kappa shape index (κ2) is 4.53. The van der Waals surface area contributed by atoms with Gasteiger partial charge in [-0.15, -0.1) is 0 Å². The van der Waals surface area contributed by atoms with Crippen LogP contribution in [0.3, 0.4) is 0 Å². The van der Waals surface area contributed by atoms with Crippen LogP contribution in [-0.2, 0) is 25.0 Å². The molecule has 0 bridgehead atoms. The SMILES string of the molecule is CCc1[c-]cnnc1.[V+2]. The minimum Gasteiger partial charge on any atom is -0.258 e. The van der Waals surface area contributed by atoms with Crippen LogP contribution in [0.4, 0.5) is 0 Å². The van der Waals surface area contributed by atoms with Crippen molar-refractivity contribution in [2.75, 3.05) is 0 Å². The van der Waals surface area contributed by atoms with Gasteiger partial charge in [-0.25, -0.2) is 6.07 Å². The van der Waals surface area contributed by atoms with Crippen LogP contribution in [0.5, 0.6) is 0 Å². The zero-order valence-corrected chi connectivity index (χ0v) is 6.60. The van der Waals surface area contributed by atoms with E-state index in [1.165, 1.54) is 0 Å². The summed E-state index contributed by atoms with van der Waals surface area (Å²) in [5, 5.41) is 7.26. The van der Waals surface area contributed by atoms with E-state index in [0.717, 1.165) is 12.0 Å². The predicted octanol–water partition coefficient (Wildman–Crippen LogP) is 0.837. The summed E-state index contributed by atoms with van der Waals surface area (Å²) in [5.74, 6) is 0. The first-order valence-electron chi connectivity index (χ1n) is 2.60. The molecule has 0 saturated carbocycles. The topological polar surface area (TPSA) is 25.8 Å². The van der Waals surface area contributed by atoms with Gasteiger partial charge in [0.05, 0.1) is 0 Å². The third kappa shape index (κ3) is 2.63. The van der Waals surface area contributed by atoms with Crippen molar-refractivity contribution < 1.29 is 18.6 Å². The summed E-state index contributed by atoms with van der Waals surface area (Å²) in [6.07, 6.45) is 4.29. The van der Waals surface area contributed by atoms with Gasteiger partial charge < -0.3 is 0 Å². The fraction of sp³-hybridized carbons (Fsp3) is 0.333. The molecule has 9 heavy (non-hydrogen) atoms. The van der Waals surface area contributed by atoms with Crippen molar-refractivity contribution in [3.05, 3.63) is 24.0 Å². The quantitative estimate of drug-likeness (QED) is 0.566. The van der Waals surface area contributed by atoms with E-state index in [-0.39, 0.29) is 18.6 Å². The predicted molar refractivity (Wildman–Crippen MR) is 30.2 cm³/mol. The summed E-state index contributed by atoms with van der Waals surface area (Å²) in [5.41, 5.74) is 1.11. The Hall–Kier alpha value is -0.336. The Morgan fingerprint density at radius 1 is 1.56 bits per heavy atom. The van der Waals surface area contributed by atoms with Crippen molar-refractivity contribution in [1.29, 1.82) is 0 Å². The zero-order chi connectivity index (χ0) is 5.82. The Balaban J connectivity index is 0.000000640. The van der Waals surface area contributed by atoms with Gasteiger partial charge in [0, 0.05) is 0 Å². The average Bonchev–Trinajstić information content (AvgIpc) is 1.90. The first-order chi connectivity index (χ1) is 3.93. The first kappa shape index (κ1) is 8.66. The number of nitrogens with zero attached hydrogens (tertiary/aromatic N) is 2. The van der Waals surface area contributed by atoms with Gasteiger partial charge in [-0.05, 0) is 6.20 Å². The molecule has 0 atom stereocenters. The fourth-order valence-corrected chi connectivity index (χ4v) is 0.479. The molecule has 0 aliphatic carbocycles. The summed E-state index contributed by atoms with van der Waals surface area (Å²) in [4.78, 5) is 0. The summed E-state index contributed by atoms with van der Waals surface area (Å²) in [6, 6.07) is 2.94. The molecule has 0 aromatic carbocycles. The number of hydrogen-bond acceptors (Lipinski definition) is 2. The van der Waals surface area contributed by atoms with Gasteiger partial charge in [0.15, 0.2) is 0 Å². The molecule has 2 nitrogen and oxygen atoms in total. The molecule has 0 aliphatic rings. The van der Waals surface area contributed by atoms with Crippen LogP contribution < -0.4 is 0 Å². The molecule has 0 fully saturated rings. The van der Waals surface area contributed by atoms with Crippen LogP contribution in [-0.4, -0.2) is 10.2 Å². The minimum atomic E-state index is 0. The van der Waals surface area contributed by atoms with Crippen molar-refractivity contribution in [2.24, 2.45) is 0 Å². The number of aromatic nitrogens is 2. The van der Waals surface area contributed by atoms with E-state index < -0.39 is 0 Å². The van der Waals surface area contributed by atoms with E-state index in [1.54, 1.807) is 12.4 Å². The Kier molecular flexibility index (Phi) is 4.37. The van der Waals surface area contributed by atoms with Gasteiger partial charge in [0.1, 0.15) is 0 Å². The molecule has 1 rings (SSSR count). The summed E-state index contributed by atoms with van der Waals surface area (Å²) >= 11 is 0. The molecule has 1 heterocycles. The van der Waals surface area contributed by atoms with Gasteiger partial charge in [0.2, 0.25) is 0 Å². The fourth-order valence-electron chi connectivity index (χ4n) is 0.479. The number of aryl methyl sites for hydroxylation is 1. The monoisotopic (exact) mass is 158 g/mol. The molecule has 1 aromatic heterocycles. The maximum Gasteiger partial charge on any atom is 2.00 e. The Labute approximate surface area is 66.6 Å². The maximum atomic E-state index is 3.67. The van der Waals surface area contributed by atoms with E-state index in [4.69, 9.17) is 0 Å². The largest absolute Gasteiger partial charge is 2.00 e. The Morgan fingerprint density at radius 2 is 2.33 bits per heavy atom. The van der Waals surface area contributed by atoms with E-state index in [2.05, 4.69) is 23.2 Å². The summed E-state index contributed by atoms with van der Waals surface area (Å²) < 4.78 is 0. The van der Waals surface area contributed by atoms with E-state index in [0.29, 0.717) is 0 Å². The molecule has 1 radical (unpaired) electrons. The van der Waals surface area contributed by atoms with Crippen LogP contribution in [0.2, 0.25) is 0 Å². The average molecular weight is 158 g/mol. The maximum absolute atomic E-state index is 3.67. The van der Waals surface area contributed by atoms with Crippen molar-refractivity contribution >= 4 is 0 Å². The van der Waals surface area contributed by atoms with Crippen molar-refractivity contribution in [1.82, 2.24) is 10.2 Å². The normalized spacial score (nSPS) is 8.11. The van der Waals surface area contributed by atoms with E-state index in [9.17, 15) is 0 Å². The van der Waals surface area contributed by atoms with Crippen LogP contribution in [0, 0.1) is 6.07 Å². The molecule has 0 saturated heterocycles. The molecule has 0 unspecified atom stereocenters. The number of hydrogen-bond donors (Lipinski definition) is 0. The number of rotatable bonds is 1. The molecule has 1 aromatic rings. The van der Waals surface area contributed by atoms with Crippen molar-refractivity contribution in [2.45, 2.75) is 13.3 Å². The van der Waals surface area contributed by atoms with Gasteiger partial charge in [-0.3, -0.25) is 5.10 Å². The molecule has 0 spiro atoms. The molecule has 0 aliphatic heterocycles. The van der Waals surface area contributed by atoms with Crippen LogP contribution in [0.15, 0.2) is 12.4 Å². The molecule has 3 heteroatoms. The third-order valence-electron chi connectivity index (χ3n) is 0.969. The zero-order valence-electron chi connectivity index (χ0n) is 5.20. The Morgan fingerprint density at radius 3 is 2.67 bits per heavy atom. The van der Waals surface area contributed by atoms with E-state index >= 15 is 0 Å². The summed E-state index contributed by atoms with van der Waals surface area (Å²) in [7, 11) is 0. The van der Waals surface area contributed by atoms with Crippen molar-refractivity contribution in [3.8, 4) is 0 Å². The molecule has 0 N–H and O–H groups in total. The van der Waals surface area contributed by atoms with Crippen LogP contribution in [0.1, 0.15) is 12.5 Å². The first-order valence-corrected chi connectivity index (χ1v) is 2.60. The second-order valence-corrected chi connectivity index (χ2v) is 1.51. The minimum absolute atomic E-state index is 0. The standard InChI is InChI=1S/C6H7N2.V/c1-2-6-3-4-7-8-5-6;/h4-5H,2H2,1H3;/q-1;+2. The Bertz CT molecular complexity index is 152. The van der Waals surface area contributed by atoms with Gasteiger partial charge in [-0.2, -0.15) is 10.7 Å². The smallest absolute Gasteiger partial charge is 0.258 e. The van der Waals surface area contributed by atoms with Crippen molar-refractivity contribution in [3.63, 3.8) is 0 Å². The molecule has 45 valence electrons. The molecular formula is C6H7N2V+. The molecular weight excluding hydrogens is 151 g/mol. The van der Waals surface area contributed by atoms with Crippen LogP contribution >= 0.6 is 0 Å². The molecule has 0 amide bonds. The van der Waals surface area contributed by atoms with E-state index in [1.807, 2.05) is 0 Å². The second-order valence-electron chi connectivity index (χ2n) is 1.51. The summed E-state index contributed by atoms with van der Waals surface area (Å²) in [6.45, 7) is 2.06. The van der Waals surface area contributed by atoms with Gasteiger partial charge >= 0.3 is 18.6 Å². The van der Waals surface area contributed by atoms with Gasteiger partial charge in [0.25, 0.3) is 0 Å². The third-order valence-corrected chi connectivity index (χ3v) is 0.969. The van der Waals surface area contributed by atoms with Gasteiger partial charge in [-0.1, -0.05) is 19.5 Å².